The van der Waals surface area contributed by atoms with Crippen molar-refractivity contribution >= 4 is 34.8 Å². The number of para-hydroxylation sites is 2. The molecule has 5 nitrogen and oxygen atoms in total. The molecule has 2 aromatic carbocycles. The van der Waals surface area contributed by atoms with Crippen LogP contribution in [0, 0.1) is 13.8 Å². The molecular formula is C18H15ClN2O3. The lowest BCUT2D eigenvalue weighted by Gasteiger charge is -2.18. The number of imide groups is 1. The van der Waals surface area contributed by atoms with E-state index in [1.54, 1.807) is 24.3 Å². The summed E-state index contributed by atoms with van der Waals surface area (Å²) in [5, 5.41) is 12.4. The number of phenols is 1. The third-order valence-electron chi connectivity index (χ3n) is 3.80. The van der Waals surface area contributed by atoms with Crippen LogP contribution in [-0.4, -0.2) is 16.9 Å². The van der Waals surface area contributed by atoms with Crippen molar-refractivity contribution in [2.24, 2.45) is 0 Å². The Labute approximate surface area is 144 Å². The van der Waals surface area contributed by atoms with Gasteiger partial charge in [-0.3, -0.25) is 9.59 Å². The number of aryl methyl sites for hydroxylation is 2. The van der Waals surface area contributed by atoms with Crippen molar-refractivity contribution in [1.29, 1.82) is 0 Å². The van der Waals surface area contributed by atoms with E-state index in [0.717, 1.165) is 16.0 Å². The van der Waals surface area contributed by atoms with E-state index in [1.165, 1.54) is 6.07 Å². The second-order valence-electron chi connectivity index (χ2n) is 5.57. The van der Waals surface area contributed by atoms with Crippen molar-refractivity contribution < 1.29 is 14.7 Å². The van der Waals surface area contributed by atoms with Crippen LogP contribution in [0.4, 0.5) is 11.4 Å². The van der Waals surface area contributed by atoms with Gasteiger partial charge in [0.2, 0.25) is 0 Å². The Morgan fingerprint density at radius 1 is 1.04 bits per heavy atom. The maximum atomic E-state index is 12.7. The van der Waals surface area contributed by atoms with Gasteiger partial charge in [0.05, 0.1) is 11.4 Å². The molecule has 0 atom stereocenters. The topological polar surface area (TPSA) is 69.6 Å². The van der Waals surface area contributed by atoms with E-state index in [9.17, 15) is 14.7 Å². The SMILES string of the molecule is Cc1ccc(C)c(N2C(=O)C(Cl)=C(Nc3ccccc3O)C2=O)c1. The summed E-state index contributed by atoms with van der Waals surface area (Å²) in [4.78, 5) is 26.3. The summed E-state index contributed by atoms with van der Waals surface area (Å²) < 4.78 is 0. The molecule has 0 aromatic heterocycles. The van der Waals surface area contributed by atoms with E-state index in [2.05, 4.69) is 5.32 Å². The molecule has 6 heteroatoms. The van der Waals surface area contributed by atoms with E-state index in [1.807, 2.05) is 26.0 Å². The van der Waals surface area contributed by atoms with Gasteiger partial charge in [-0.05, 0) is 43.2 Å². The summed E-state index contributed by atoms with van der Waals surface area (Å²) in [5.41, 5.74) is 2.46. The molecule has 0 radical (unpaired) electrons. The first-order valence-corrected chi connectivity index (χ1v) is 7.69. The maximum absolute atomic E-state index is 12.7. The summed E-state index contributed by atoms with van der Waals surface area (Å²) in [7, 11) is 0. The molecule has 0 bridgehead atoms. The second-order valence-corrected chi connectivity index (χ2v) is 5.94. The van der Waals surface area contributed by atoms with Crippen molar-refractivity contribution in [1.82, 2.24) is 0 Å². The number of hydrogen-bond donors (Lipinski definition) is 2. The number of amides is 2. The molecule has 1 aliphatic rings. The molecule has 0 saturated carbocycles. The molecule has 0 spiro atoms. The van der Waals surface area contributed by atoms with Crippen LogP contribution in [-0.2, 0) is 9.59 Å². The largest absolute Gasteiger partial charge is 0.506 e. The zero-order valence-electron chi connectivity index (χ0n) is 13.1. The molecule has 0 aliphatic carbocycles. The fraction of sp³-hybridized carbons (Fsp3) is 0.111. The zero-order valence-corrected chi connectivity index (χ0v) is 13.9. The first-order chi connectivity index (χ1) is 11.4. The van der Waals surface area contributed by atoms with Gasteiger partial charge >= 0.3 is 0 Å². The highest BCUT2D eigenvalue weighted by Crippen LogP contribution is 2.33. The van der Waals surface area contributed by atoms with E-state index < -0.39 is 11.8 Å². The van der Waals surface area contributed by atoms with Crippen LogP contribution in [0.3, 0.4) is 0 Å². The summed E-state index contributed by atoms with van der Waals surface area (Å²) in [6.45, 7) is 3.70. The molecule has 0 fully saturated rings. The van der Waals surface area contributed by atoms with E-state index in [0.29, 0.717) is 11.4 Å². The smallest absolute Gasteiger partial charge is 0.283 e. The number of aromatic hydroxyl groups is 1. The van der Waals surface area contributed by atoms with Crippen molar-refractivity contribution in [2.45, 2.75) is 13.8 Å². The van der Waals surface area contributed by atoms with E-state index in [-0.39, 0.29) is 16.5 Å². The van der Waals surface area contributed by atoms with Gasteiger partial charge in [0.25, 0.3) is 11.8 Å². The summed E-state index contributed by atoms with van der Waals surface area (Å²) in [6, 6.07) is 11.9. The number of anilines is 2. The Hall–Kier alpha value is -2.79. The van der Waals surface area contributed by atoms with Crippen LogP contribution in [0.25, 0.3) is 0 Å². The summed E-state index contributed by atoms with van der Waals surface area (Å²) in [5.74, 6) is -1.19. The lowest BCUT2D eigenvalue weighted by molar-refractivity contribution is -0.120. The van der Waals surface area contributed by atoms with Gasteiger partial charge < -0.3 is 10.4 Å². The average molecular weight is 343 g/mol. The molecule has 2 aromatic rings. The Morgan fingerprint density at radius 3 is 2.46 bits per heavy atom. The fourth-order valence-electron chi connectivity index (χ4n) is 2.50. The highest BCUT2D eigenvalue weighted by atomic mass is 35.5. The quantitative estimate of drug-likeness (QED) is 0.662. The fourth-order valence-corrected chi connectivity index (χ4v) is 2.72. The molecular weight excluding hydrogens is 328 g/mol. The number of benzene rings is 2. The van der Waals surface area contributed by atoms with Gasteiger partial charge in [0.1, 0.15) is 16.5 Å². The van der Waals surface area contributed by atoms with Crippen LogP contribution in [0.2, 0.25) is 0 Å². The molecule has 0 saturated heterocycles. The lowest BCUT2D eigenvalue weighted by Crippen LogP contribution is -2.32. The maximum Gasteiger partial charge on any atom is 0.283 e. The average Bonchev–Trinajstić information content (AvgIpc) is 2.76. The number of carbonyl (C=O) groups is 2. The number of phenolic OH excluding ortho intramolecular Hbond substituents is 1. The molecule has 122 valence electrons. The first kappa shape index (κ1) is 16.1. The summed E-state index contributed by atoms with van der Waals surface area (Å²) >= 11 is 6.09. The highest BCUT2D eigenvalue weighted by Gasteiger charge is 2.39. The minimum absolute atomic E-state index is 0.0418. The Morgan fingerprint density at radius 2 is 1.75 bits per heavy atom. The first-order valence-electron chi connectivity index (χ1n) is 7.31. The van der Waals surface area contributed by atoms with Crippen LogP contribution in [0.5, 0.6) is 5.75 Å². The number of carbonyl (C=O) groups excluding carboxylic acids is 2. The zero-order chi connectivity index (χ0) is 17.4. The minimum Gasteiger partial charge on any atom is -0.506 e. The number of nitrogens with one attached hydrogen (secondary N) is 1. The number of hydrogen-bond acceptors (Lipinski definition) is 4. The Bertz CT molecular complexity index is 890. The molecule has 1 heterocycles. The number of halogens is 1. The minimum atomic E-state index is -0.590. The molecule has 2 N–H and O–H groups in total. The van der Waals surface area contributed by atoms with Gasteiger partial charge in [-0.15, -0.1) is 0 Å². The third kappa shape index (κ3) is 2.63. The Balaban J connectivity index is 1.99. The van der Waals surface area contributed by atoms with Crippen LogP contribution in [0.15, 0.2) is 53.2 Å². The molecule has 24 heavy (non-hydrogen) atoms. The van der Waals surface area contributed by atoms with Crippen LogP contribution >= 0.6 is 11.6 Å². The van der Waals surface area contributed by atoms with Gasteiger partial charge in [0, 0.05) is 0 Å². The normalized spacial score (nSPS) is 14.5. The second kappa shape index (κ2) is 6.02. The van der Waals surface area contributed by atoms with Crippen LogP contribution in [0.1, 0.15) is 11.1 Å². The number of rotatable bonds is 3. The van der Waals surface area contributed by atoms with Gasteiger partial charge in [0.15, 0.2) is 0 Å². The van der Waals surface area contributed by atoms with Gasteiger partial charge in [-0.25, -0.2) is 4.90 Å². The lowest BCUT2D eigenvalue weighted by atomic mass is 10.1. The monoisotopic (exact) mass is 342 g/mol. The van der Waals surface area contributed by atoms with E-state index in [4.69, 9.17) is 11.6 Å². The number of nitrogens with zero attached hydrogens (tertiary/aromatic N) is 1. The molecule has 2 amide bonds. The predicted molar refractivity (Wildman–Crippen MR) is 93.0 cm³/mol. The summed E-state index contributed by atoms with van der Waals surface area (Å²) in [6.07, 6.45) is 0. The Kier molecular flexibility index (Phi) is 4.03. The van der Waals surface area contributed by atoms with Gasteiger partial charge in [-0.1, -0.05) is 35.9 Å². The highest BCUT2D eigenvalue weighted by molar-refractivity contribution is 6.53. The van der Waals surface area contributed by atoms with E-state index >= 15 is 0 Å². The van der Waals surface area contributed by atoms with Crippen molar-refractivity contribution in [3.63, 3.8) is 0 Å². The van der Waals surface area contributed by atoms with Gasteiger partial charge in [-0.2, -0.15) is 0 Å². The third-order valence-corrected chi connectivity index (χ3v) is 4.15. The van der Waals surface area contributed by atoms with Crippen molar-refractivity contribution in [3.05, 3.63) is 64.3 Å². The van der Waals surface area contributed by atoms with Crippen molar-refractivity contribution in [3.8, 4) is 5.75 Å². The molecule has 0 unspecified atom stereocenters. The van der Waals surface area contributed by atoms with Crippen LogP contribution < -0.4 is 10.2 Å². The molecule has 1 aliphatic heterocycles. The predicted octanol–water partition coefficient (Wildman–Crippen LogP) is 3.44. The van der Waals surface area contributed by atoms with Crippen molar-refractivity contribution in [2.75, 3.05) is 10.2 Å². The standard InChI is InChI=1S/C18H15ClN2O3/c1-10-7-8-11(2)13(9-10)21-17(23)15(19)16(18(21)24)20-12-5-3-4-6-14(12)22/h3-9,20,22H,1-2H3. The molecule has 3 rings (SSSR count).